The van der Waals surface area contributed by atoms with Crippen LogP contribution in [0.5, 0.6) is 5.75 Å². The molecular formula is C14H17NO4S. The highest BCUT2D eigenvalue weighted by Gasteiger charge is 2.25. The summed E-state index contributed by atoms with van der Waals surface area (Å²) in [6.07, 6.45) is 2.94. The van der Waals surface area contributed by atoms with E-state index in [-0.39, 0.29) is 6.10 Å². The first kappa shape index (κ1) is 13.5. The first-order chi connectivity index (χ1) is 9.46. The lowest BCUT2D eigenvalue weighted by atomic mass is 9.93. The van der Waals surface area contributed by atoms with E-state index in [9.17, 15) is 8.42 Å². The van der Waals surface area contributed by atoms with Crippen molar-refractivity contribution in [3.05, 3.63) is 29.5 Å². The van der Waals surface area contributed by atoms with Crippen LogP contribution in [0.3, 0.4) is 0 Å². The molecule has 1 aliphatic rings. The fourth-order valence-electron chi connectivity index (χ4n) is 2.82. The molecule has 0 spiro atoms. The minimum absolute atomic E-state index is 0.275. The maximum Gasteiger partial charge on any atom is 0.264 e. The third-order valence-corrected chi connectivity index (χ3v) is 4.28. The second kappa shape index (κ2) is 4.79. The number of aryl methyl sites for hydroxylation is 1. The summed E-state index contributed by atoms with van der Waals surface area (Å²) in [4.78, 5) is 3.39. The van der Waals surface area contributed by atoms with Crippen molar-refractivity contribution in [3.63, 3.8) is 0 Å². The van der Waals surface area contributed by atoms with Crippen molar-refractivity contribution in [3.8, 4) is 5.75 Å². The Bertz CT molecular complexity index is 748. The molecule has 1 unspecified atom stereocenters. The number of aromatic nitrogens is 1. The van der Waals surface area contributed by atoms with Crippen LogP contribution in [0.15, 0.2) is 18.2 Å². The Kier molecular flexibility index (Phi) is 3.22. The molecule has 5 nitrogen and oxygen atoms in total. The van der Waals surface area contributed by atoms with Gasteiger partial charge in [0.05, 0.1) is 19.5 Å². The third-order valence-electron chi connectivity index (χ3n) is 3.66. The fraction of sp³-hybridized carbons (Fsp3) is 0.429. The molecule has 0 fully saturated rings. The number of hydrogen-bond donors (Lipinski definition) is 1. The normalized spacial score (nSPS) is 19.0. The van der Waals surface area contributed by atoms with Crippen molar-refractivity contribution in [2.24, 2.45) is 0 Å². The van der Waals surface area contributed by atoms with Gasteiger partial charge in [-0.2, -0.15) is 8.42 Å². The van der Waals surface area contributed by atoms with Crippen molar-refractivity contribution in [2.45, 2.75) is 25.4 Å². The van der Waals surface area contributed by atoms with Gasteiger partial charge in [0.2, 0.25) is 0 Å². The van der Waals surface area contributed by atoms with Crippen LogP contribution in [0.25, 0.3) is 10.9 Å². The summed E-state index contributed by atoms with van der Waals surface area (Å²) in [6, 6.07) is 5.88. The van der Waals surface area contributed by atoms with Crippen LogP contribution in [0.2, 0.25) is 0 Å². The molecule has 1 aromatic heterocycles. The zero-order valence-electron chi connectivity index (χ0n) is 11.5. The summed E-state index contributed by atoms with van der Waals surface area (Å²) in [5.41, 5.74) is 3.36. The Morgan fingerprint density at radius 2 is 2.15 bits per heavy atom. The van der Waals surface area contributed by atoms with E-state index in [4.69, 9.17) is 8.92 Å². The lowest BCUT2D eigenvalue weighted by Gasteiger charge is -2.21. The zero-order chi connectivity index (χ0) is 14.3. The Morgan fingerprint density at radius 1 is 1.35 bits per heavy atom. The van der Waals surface area contributed by atoms with Crippen LogP contribution in [0, 0.1) is 0 Å². The molecule has 0 aliphatic heterocycles. The highest BCUT2D eigenvalue weighted by atomic mass is 32.2. The quantitative estimate of drug-likeness (QED) is 0.880. The van der Waals surface area contributed by atoms with E-state index in [1.54, 1.807) is 7.11 Å². The number of aromatic amines is 1. The van der Waals surface area contributed by atoms with Crippen molar-refractivity contribution in [2.75, 3.05) is 13.4 Å². The smallest absolute Gasteiger partial charge is 0.264 e. The Morgan fingerprint density at radius 3 is 2.85 bits per heavy atom. The number of methoxy groups -OCH3 is 1. The number of fused-ring (bicyclic) bond motifs is 3. The number of hydrogen-bond acceptors (Lipinski definition) is 4. The molecule has 6 heteroatoms. The molecule has 0 bridgehead atoms. The minimum atomic E-state index is -3.41. The van der Waals surface area contributed by atoms with Crippen LogP contribution in [-0.2, 0) is 27.1 Å². The second-order valence-electron chi connectivity index (χ2n) is 5.16. The van der Waals surface area contributed by atoms with Crippen LogP contribution in [0.1, 0.15) is 17.7 Å². The van der Waals surface area contributed by atoms with E-state index in [1.165, 1.54) is 5.69 Å². The Labute approximate surface area is 118 Å². The first-order valence-electron chi connectivity index (χ1n) is 6.52. The average molecular weight is 295 g/mol. The molecule has 108 valence electrons. The summed E-state index contributed by atoms with van der Waals surface area (Å²) < 4.78 is 32.9. The summed E-state index contributed by atoms with van der Waals surface area (Å²) >= 11 is 0. The van der Waals surface area contributed by atoms with Crippen LogP contribution < -0.4 is 4.74 Å². The van der Waals surface area contributed by atoms with Gasteiger partial charge >= 0.3 is 0 Å². The largest absolute Gasteiger partial charge is 0.497 e. The van der Waals surface area contributed by atoms with Crippen molar-refractivity contribution >= 4 is 21.0 Å². The predicted octanol–water partition coefficient (Wildman–Crippen LogP) is 2.01. The number of benzene rings is 1. The van der Waals surface area contributed by atoms with E-state index < -0.39 is 10.1 Å². The first-order valence-corrected chi connectivity index (χ1v) is 8.33. The molecule has 0 radical (unpaired) electrons. The van der Waals surface area contributed by atoms with Crippen molar-refractivity contribution < 1.29 is 17.3 Å². The summed E-state index contributed by atoms with van der Waals surface area (Å²) in [5, 5.41) is 1.08. The number of rotatable bonds is 3. The molecule has 1 aliphatic carbocycles. The monoisotopic (exact) mass is 295 g/mol. The van der Waals surface area contributed by atoms with Crippen LogP contribution in [-0.4, -0.2) is 32.9 Å². The zero-order valence-corrected chi connectivity index (χ0v) is 12.3. The molecule has 1 heterocycles. The van der Waals surface area contributed by atoms with E-state index in [0.29, 0.717) is 12.8 Å². The molecule has 0 saturated heterocycles. The van der Waals surface area contributed by atoms with E-state index in [0.717, 1.165) is 34.9 Å². The molecule has 1 aromatic carbocycles. The molecule has 1 atom stereocenters. The molecule has 0 amide bonds. The third kappa shape index (κ3) is 2.53. The number of ether oxygens (including phenoxy) is 1. The van der Waals surface area contributed by atoms with Gasteiger partial charge in [-0.1, -0.05) is 0 Å². The van der Waals surface area contributed by atoms with E-state index >= 15 is 0 Å². The van der Waals surface area contributed by atoms with Gasteiger partial charge in [-0.15, -0.1) is 0 Å². The maximum absolute atomic E-state index is 11.3. The maximum atomic E-state index is 11.3. The van der Waals surface area contributed by atoms with Gasteiger partial charge in [0.25, 0.3) is 10.1 Å². The average Bonchev–Trinajstić information content (AvgIpc) is 2.74. The highest BCUT2D eigenvalue weighted by molar-refractivity contribution is 7.86. The second-order valence-corrected chi connectivity index (χ2v) is 6.76. The SMILES string of the molecule is COc1ccc2[nH]c3c(c2c1)CC(OS(C)(=O)=O)CC3. The van der Waals surface area contributed by atoms with Gasteiger partial charge in [-0.25, -0.2) is 0 Å². The molecule has 20 heavy (non-hydrogen) atoms. The van der Waals surface area contributed by atoms with E-state index in [1.807, 2.05) is 18.2 Å². The summed E-state index contributed by atoms with van der Waals surface area (Å²) in [5.74, 6) is 0.797. The molecule has 3 rings (SSSR count). The fourth-order valence-corrected chi connectivity index (χ4v) is 3.48. The Hall–Kier alpha value is -1.53. The van der Waals surface area contributed by atoms with Gasteiger partial charge in [0.1, 0.15) is 5.75 Å². The van der Waals surface area contributed by atoms with Gasteiger partial charge in [0, 0.05) is 23.0 Å². The Balaban J connectivity index is 1.98. The van der Waals surface area contributed by atoms with E-state index in [2.05, 4.69) is 4.98 Å². The number of H-pyrrole nitrogens is 1. The topological polar surface area (TPSA) is 68.4 Å². The molecule has 2 aromatic rings. The molecular weight excluding hydrogens is 278 g/mol. The number of nitrogens with one attached hydrogen (secondary N) is 1. The van der Waals surface area contributed by atoms with Gasteiger partial charge in [-0.05, 0) is 36.6 Å². The minimum Gasteiger partial charge on any atom is -0.497 e. The summed E-state index contributed by atoms with van der Waals surface area (Å²) in [7, 11) is -1.78. The van der Waals surface area contributed by atoms with Gasteiger partial charge in [0.15, 0.2) is 0 Å². The van der Waals surface area contributed by atoms with Crippen LogP contribution >= 0.6 is 0 Å². The summed E-state index contributed by atoms with van der Waals surface area (Å²) in [6.45, 7) is 0. The van der Waals surface area contributed by atoms with Crippen molar-refractivity contribution in [1.82, 2.24) is 4.98 Å². The van der Waals surface area contributed by atoms with Crippen molar-refractivity contribution in [1.29, 1.82) is 0 Å². The molecule has 1 N–H and O–H groups in total. The van der Waals surface area contributed by atoms with Crippen LogP contribution in [0.4, 0.5) is 0 Å². The lowest BCUT2D eigenvalue weighted by Crippen LogP contribution is -2.24. The molecule has 0 saturated carbocycles. The van der Waals surface area contributed by atoms with Gasteiger partial charge < -0.3 is 9.72 Å². The standard InChI is InChI=1S/C14H17NO4S/c1-18-9-3-5-13-11(7-9)12-8-10(19-20(2,16)17)4-6-14(12)15-13/h3,5,7,10,15H,4,6,8H2,1-2H3. The van der Waals surface area contributed by atoms with Gasteiger partial charge in [-0.3, -0.25) is 4.18 Å². The highest BCUT2D eigenvalue weighted by Crippen LogP contribution is 2.32. The lowest BCUT2D eigenvalue weighted by molar-refractivity contribution is 0.194. The predicted molar refractivity (Wildman–Crippen MR) is 76.6 cm³/mol.